The summed E-state index contributed by atoms with van der Waals surface area (Å²) >= 11 is 13.2. The number of hydrogen-bond donors (Lipinski definition) is 1. The fourth-order valence-corrected chi connectivity index (χ4v) is 0. The summed E-state index contributed by atoms with van der Waals surface area (Å²) in [6.45, 7) is 1.93. The van der Waals surface area contributed by atoms with Crippen LogP contribution in [0.25, 0.3) is 0 Å². The highest BCUT2D eigenvalue weighted by Gasteiger charge is 2.51. The zero-order valence-electron chi connectivity index (χ0n) is 7.69. The number of aliphatic hydroxyl groups excluding tert-OH is 1. The second-order valence-electron chi connectivity index (χ2n) is 1.75. The summed E-state index contributed by atoms with van der Waals surface area (Å²) in [5.74, 6) is 0. The zero-order chi connectivity index (χ0) is 13.3. The molecule has 0 aromatic heterocycles. The molecule has 0 saturated carbocycles. The van der Waals surface area contributed by atoms with Crippen LogP contribution in [0.1, 0.15) is 6.92 Å². The SMILES string of the molecule is CCO.C[N+](=O)[O-].FC(F)(F)C(Cl)(Cl)Cl. The topological polar surface area (TPSA) is 63.4 Å². The van der Waals surface area contributed by atoms with Crippen LogP contribution in [0, 0.1) is 10.1 Å². The van der Waals surface area contributed by atoms with Gasteiger partial charge in [0.2, 0.25) is 0 Å². The molecule has 0 aliphatic rings. The lowest BCUT2D eigenvalue weighted by atomic mass is 10.8. The van der Waals surface area contributed by atoms with E-state index in [2.05, 4.69) is 34.8 Å². The molecule has 0 heterocycles. The molecule has 4 nitrogen and oxygen atoms in total. The van der Waals surface area contributed by atoms with Gasteiger partial charge in [-0.1, -0.05) is 34.8 Å². The van der Waals surface area contributed by atoms with Crippen molar-refractivity contribution in [3.8, 4) is 0 Å². The molecule has 0 saturated heterocycles. The van der Waals surface area contributed by atoms with E-state index in [4.69, 9.17) is 15.2 Å². The molecule has 15 heavy (non-hydrogen) atoms. The molecule has 0 aromatic rings. The van der Waals surface area contributed by atoms with Crippen LogP contribution in [0.2, 0.25) is 0 Å². The Bertz CT molecular complexity index is 155. The maximum absolute atomic E-state index is 11.2. The van der Waals surface area contributed by atoms with Crippen LogP contribution in [-0.2, 0) is 0 Å². The van der Waals surface area contributed by atoms with Crippen LogP contribution in [0.4, 0.5) is 13.2 Å². The molecule has 0 radical (unpaired) electrons. The van der Waals surface area contributed by atoms with Gasteiger partial charge in [-0.05, 0) is 6.92 Å². The number of nitro groups is 1. The molecule has 0 amide bonds. The average Bonchev–Trinajstić information content (AvgIpc) is 1.81. The predicted molar refractivity (Wildman–Crippen MR) is 52.0 cm³/mol. The molecule has 0 rings (SSSR count). The van der Waals surface area contributed by atoms with Crippen molar-refractivity contribution in [2.45, 2.75) is 16.9 Å². The van der Waals surface area contributed by atoms with Gasteiger partial charge < -0.3 is 5.11 Å². The minimum absolute atomic E-state index is 0.250. The number of aliphatic hydroxyl groups is 1. The summed E-state index contributed by atoms with van der Waals surface area (Å²) in [6.07, 6.45) is -4.77. The van der Waals surface area contributed by atoms with Crippen molar-refractivity contribution in [2.75, 3.05) is 13.7 Å². The summed E-state index contributed by atoms with van der Waals surface area (Å²) in [6, 6.07) is 0. The fraction of sp³-hybridized carbons (Fsp3) is 1.00. The van der Waals surface area contributed by atoms with Gasteiger partial charge >= 0.3 is 6.18 Å². The van der Waals surface area contributed by atoms with Crippen molar-refractivity contribution < 1.29 is 23.2 Å². The molecule has 0 spiro atoms. The first kappa shape index (κ1) is 20.4. The maximum Gasteiger partial charge on any atom is 0.435 e. The first-order valence-corrected chi connectivity index (χ1v) is 4.35. The van der Waals surface area contributed by atoms with Gasteiger partial charge in [-0.3, -0.25) is 10.1 Å². The Morgan fingerprint density at radius 1 is 1.33 bits per heavy atom. The monoisotopic (exact) mass is 293 g/mol. The molecule has 0 bridgehead atoms. The highest BCUT2D eigenvalue weighted by Crippen LogP contribution is 2.42. The van der Waals surface area contributed by atoms with E-state index in [0.29, 0.717) is 0 Å². The van der Waals surface area contributed by atoms with E-state index in [1.54, 1.807) is 6.92 Å². The highest BCUT2D eigenvalue weighted by atomic mass is 35.6. The second kappa shape index (κ2) is 9.26. The van der Waals surface area contributed by atoms with Gasteiger partial charge in [0.15, 0.2) is 7.05 Å². The largest absolute Gasteiger partial charge is 0.435 e. The summed E-state index contributed by atoms with van der Waals surface area (Å²) in [7, 11) is 0.889. The van der Waals surface area contributed by atoms with Crippen LogP contribution in [0.15, 0.2) is 0 Å². The second-order valence-corrected chi connectivity index (χ2v) is 4.03. The number of halogens is 6. The molecule has 94 valence electrons. The Morgan fingerprint density at radius 3 is 1.40 bits per heavy atom. The summed E-state index contributed by atoms with van der Waals surface area (Å²) in [5.41, 5.74) is 0. The Balaban J connectivity index is -0.000000173. The van der Waals surface area contributed by atoms with Gasteiger partial charge in [0.25, 0.3) is 3.79 Å². The smallest absolute Gasteiger partial charge is 0.397 e. The van der Waals surface area contributed by atoms with Crippen LogP contribution < -0.4 is 0 Å². The zero-order valence-corrected chi connectivity index (χ0v) is 9.95. The molecule has 10 heteroatoms. The van der Waals surface area contributed by atoms with Gasteiger partial charge in [0, 0.05) is 11.5 Å². The van der Waals surface area contributed by atoms with E-state index in [1.807, 2.05) is 0 Å². The molecule has 0 unspecified atom stereocenters. The van der Waals surface area contributed by atoms with E-state index in [-0.39, 0.29) is 6.61 Å². The summed E-state index contributed by atoms with van der Waals surface area (Å²) in [5, 5.41) is 16.4. The minimum atomic E-state index is -4.77. The molecule has 0 aromatic carbocycles. The lowest BCUT2D eigenvalue weighted by Crippen LogP contribution is -2.27. The third kappa shape index (κ3) is 24.9. The number of nitrogens with zero attached hydrogens (tertiary/aromatic N) is 1. The van der Waals surface area contributed by atoms with Crippen LogP contribution in [0.3, 0.4) is 0 Å². The number of rotatable bonds is 0. The van der Waals surface area contributed by atoms with E-state index >= 15 is 0 Å². The predicted octanol–water partition coefficient (Wildman–Crippen LogP) is 2.81. The maximum atomic E-state index is 11.2. The van der Waals surface area contributed by atoms with Crippen molar-refractivity contribution >= 4 is 34.8 Å². The molecule has 0 aliphatic heterocycles. The van der Waals surface area contributed by atoms with Crippen molar-refractivity contribution in [1.82, 2.24) is 0 Å². The minimum Gasteiger partial charge on any atom is -0.397 e. The number of hydrogen-bond acceptors (Lipinski definition) is 3. The van der Waals surface area contributed by atoms with Crippen LogP contribution in [-0.4, -0.2) is 33.7 Å². The first-order chi connectivity index (χ1) is 6.40. The van der Waals surface area contributed by atoms with E-state index in [9.17, 15) is 13.2 Å². The third-order valence-electron chi connectivity index (χ3n) is 0.321. The van der Waals surface area contributed by atoms with Gasteiger partial charge in [0.05, 0.1) is 0 Å². The lowest BCUT2D eigenvalue weighted by molar-refractivity contribution is -0.445. The molecule has 1 N–H and O–H groups in total. The third-order valence-corrected chi connectivity index (χ3v) is 0.964. The lowest BCUT2D eigenvalue weighted by Gasteiger charge is -2.13. The fourth-order valence-electron chi connectivity index (χ4n) is 0. The van der Waals surface area contributed by atoms with Crippen molar-refractivity contribution in [2.24, 2.45) is 0 Å². The Morgan fingerprint density at radius 2 is 1.40 bits per heavy atom. The Kier molecular flexibility index (Phi) is 12.6. The number of alkyl halides is 6. The van der Waals surface area contributed by atoms with Crippen molar-refractivity contribution in [3.05, 3.63) is 10.1 Å². The van der Waals surface area contributed by atoms with Gasteiger partial charge in [0.1, 0.15) is 0 Å². The first-order valence-electron chi connectivity index (χ1n) is 3.22. The highest BCUT2D eigenvalue weighted by molar-refractivity contribution is 6.68. The van der Waals surface area contributed by atoms with E-state index < -0.39 is 14.9 Å². The van der Waals surface area contributed by atoms with Gasteiger partial charge in [-0.15, -0.1) is 0 Å². The van der Waals surface area contributed by atoms with Crippen molar-refractivity contribution in [1.29, 1.82) is 0 Å². The van der Waals surface area contributed by atoms with E-state index in [1.165, 1.54) is 0 Å². The summed E-state index contributed by atoms with van der Waals surface area (Å²) in [4.78, 5) is 8.31. The molecule has 0 fully saturated rings. The Labute approximate surface area is 99.1 Å². The van der Waals surface area contributed by atoms with Crippen LogP contribution in [0.5, 0.6) is 0 Å². The Hall–Kier alpha value is 0.0200. The quantitative estimate of drug-likeness (QED) is 0.424. The standard InChI is InChI=1S/C2Cl3F3.C2H6O.CH3NO2/c3-1(4,5)2(6,7)8;1-2-3;1-2(3)4/h;3H,2H2,1H3;1H3. The molecular weight excluding hydrogens is 285 g/mol. The van der Waals surface area contributed by atoms with Gasteiger partial charge in [-0.25, -0.2) is 0 Å². The van der Waals surface area contributed by atoms with Gasteiger partial charge in [-0.2, -0.15) is 13.2 Å². The summed E-state index contributed by atoms with van der Waals surface area (Å²) < 4.78 is 30.4. The average molecular weight is 294 g/mol. The molecule has 0 aliphatic carbocycles. The normalized spacial score (nSPS) is 10.5. The molecule has 0 atom stereocenters. The van der Waals surface area contributed by atoms with Crippen LogP contribution >= 0.6 is 34.8 Å². The van der Waals surface area contributed by atoms with Crippen molar-refractivity contribution in [3.63, 3.8) is 0 Å². The molecular formula is C5H9Cl3F3NO3. The van der Waals surface area contributed by atoms with E-state index in [0.717, 1.165) is 7.05 Å².